The maximum atomic E-state index is 5.98. The lowest BCUT2D eigenvalue weighted by atomic mass is 10.0. The molecule has 1 aromatic heterocycles. The summed E-state index contributed by atoms with van der Waals surface area (Å²) in [5.74, 6) is 0. The Hall–Kier alpha value is -1.39. The first kappa shape index (κ1) is 13.6. The van der Waals surface area contributed by atoms with Crippen molar-refractivity contribution in [1.82, 2.24) is 0 Å². The van der Waals surface area contributed by atoms with Crippen molar-refractivity contribution in [2.45, 2.75) is 19.9 Å². The minimum absolute atomic E-state index is 0.820. The Labute approximate surface area is 128 Å². The van der Waals surface area contributed by atoms with E-state index >= 15 is 0 Å². The number of nitrogens with zero attached hydrogens (tertiary/aromatic N) is 1. The molecule has 1 aliphatic heterocycles. The van der Waals surface area contributed by atoms with Crippen LogP contribution in [0.1, 0.15) is 18.1 Å². The summed E-state index contributed by atoms with van der Waals surface area (Å²) < 4.78 is 0.820. The molecule has 2 heterocycles. The van der Waals surface area contributed by atoms with Crippen LogP contribution in [0.5, 0.6) is 0 Å². The van der Waals surface area contributed by atoms with Gasteiger partial charge < -0.3 is 15.5 Å². The zero-order chi connectivity index (χ0) is 14.1. The van der Waals surface area contributed by atoms with Crippen molar-refractivity contribution in [3.05, 3.63) is 39.0 Å². The monoisotopic (exact) mass is 307 g/mol. The van der Waals surface area contributed by atoms with E-state index in [2.05, 4.69) is 47.0 Å². The molecule has 0 aliphatic carbocycles. The highest BCUT2D eigenvalue weighted by Gasteiger charge is 2.20. The average Bonchev–Trinajstić information content (AvgIpc) is 3.03. The van der Waals surface area contributed by atoms with Gasteiger partial charge in [-0.2, -0.15) is 0 Å². The molecule has 1 aliphatic rings. The molecule has 0 saturated carbocycles. The molecule has 1 aromatic carbocycles. The van der Waals surface area contributed by atoms with Crippen LogP contribution in [0.3, 0.4) is 0 Å². The van der Waals surface area contributed by atoms with E-state index in [0.29, 0.717) is 0 Å². The van der Waals surface area contributed by atoms with E-state index in [0.717, 1.165) is 29.7 Å². The number of nitrogens with one attached hydrogen (secondary N) is 2. The van der Waals surface area contributed by atoms with Gasteiger partial charge in [-0.15, -0.1) is 11.3 Å². The summed E-state index contributed by atoms with van der Waals surface area (Å²) >= 11 is 7.53. The molecule has 2 aromatic rings. The first-order chi connectivity index (χ1) is 9.69. The highest BCUT2D eigenvalue weighted by atomic mass is 35.5. The molecule has 0 spiro atoms. The van der Waals surface area contributed by atoms with E-state index < -0.39 is 0 Å². The lowest BCUT2D eigenvalue weighted by molar-refractivity contribution is 0.992. The Balaban J connectivity index is 1.89. The zero-order valence-electron chi connectivity index (χ0n) is 11.7. The highest BCUT2D eigenvalue weighted by molar-refractivity contribution is 7.14. The second-order valence-electron chi connectivity index (χ2n) is 4.98. The van der Waals surface area contributed by atoms with Gasteiger partial charge >= 0.3 is 0 Å². The minimum atomic E-state index is 0.820. The van der Waals surface area contributed by atoms with Crippen molar-refractivity contribution in [1.29, 1.82) is 0 Å². The van der Waals surface area contributed by atoms with Gasteiger partial charge in [-0.3, -0.25) is 0 Å². The average molecular weight is 308 g/mol. The van der Waals surface area contributed by atoms with Crippen LogP contribution in [0, 0.1) is 0 Å². The number of benzene rings is 1. The number of hydrogen-bond acceptors (Lipinski definition) is 4. The number of thiophene rings is 1. The highest BCUT2D eigenvalue weighted by Crippen LogP contribution is 2.37. The molecule has 2 N–H and O–H groups in total. The fourth-order valence-electron chi connectivity index (χ4n) is 2.66. The van der Waals surface area contributed by atoms with Gasteiger partial charge in [0.2, 0.25) is 0 Å². The molecule has 0 amide bonds. The molecular formula is C15H18ClN3S. The number of anilines is 3. The molecule has 0 radical (unpaired) electrons. The van der Waals surface area contributed by atoms with E-state index in [-0.39, 0.29) is 0 Å². The second-order valence-corrected chi connectivity index (χ2v) is 6.52. The van der Waals surface area contributed by atoms with E-state index in [9.17, 15) is 0 Å². The quantitative estimate of drug-likeness (QED) is 0.877. The topological polar surface area (TPSA) is 27.3 Å². The van der Waals surface area contributed by atoms with Crippen LogP contribution in [0.25, 0.3) is 0 Å². The van der Waals surface area contributed by atoms with Crippen LogP contribution in [0.2, 0.25) is 4.34 Å². The Morgan fingerprint density at radius 1 is 1.45 bits per heavy atom. The van der Waals surface area contributed by atoms with Gasteiger partial charge in [0, 0.05) is 24.7 Å². The summed E-state index contributed by atoms with van der Waals surface area (Å²) in [6, 6.07) is 6.38. The molecule has 3 nitrogen and oxygen atoms in total. The van der Waals surface area contributed by atoms with Crippen molar-refractivity contribution >= 4 is 40.0 Å². The largest absolute Gasteiger partial charge is 0.380 e. The smallest absolute Gasteiger partial charge is 0.0949 e. The van der Waals surface area contributed by atoms with Crippen molar-refractivity contribution in [3.8, 4) is 0 Å². The van der Waals surface area contributed by atoms with Gasteiger partial charge in [-0.25, -0.2) is 0 Å². The van der Waals surface area contributed by atoms with E-state index in [4.69, 9.17) is 11.6 Å². The zero-order valence-corrected chi connectivity index (χ0v) is 13.2. The van der Waals surface area contributed by atoms with Gasteiger partial charge in [0.1, 0.15) is 0 Å². The van der Waals surface area contributed by atoms with E-state index in [1.54, 1.807) is 11.3 Å². The fourth-order valence-corrected chi connectivity index (χ4v) is 3.50. The summed E-state index contributed by atoms with van der Waals surface area (Å²) in [7, 11) is 2.13. The predicted octanol–water partition coefficient (Wildman–Crippen LogP) is 4.40. The molecule has 3 rings (SSSR count). The van der Waals surface area contributed by atoms with Crippen LogP contribution in [0.4, 0.5) is 17.1 Å². The second kappa shape index (κ2) is 5.54. The fraction of sp³-hybridized carbons (Fsp3) is 0.333. The summed E-state index contributed by atoms with van der Waals surface area (Å²) in [5.41, 5.74) is 6.41. The van der Waals surface area contributed by atoms with Crippen LogP contribution in [-0.2, 0) is 13.0 Å². The third-order valence-electron chi connectivity index (χ3n) is 3.69. The minimum Gasteiger partial charge on any atom is -0.380 e. The van der Waals surface area contributed by atoms with Crippen LogP contribution >= 0.6 is 22.9 Å². The van der Waals surface area contributed by atoms with E-state index in [1.165, 1.54) is 22.5 Å². The van der Waals surface area contributed by atoms with Crippen molar-refractivity contribution < 1.29 is 0 Å². The summed E-state index contributed by atoms with van der Waals surface area (Å²) in [6.07, 6.45) is 1.04. The number of aryl methyl sites for hydroxylation is 1. The molecule has 5 heteroatoms. The third-order valence-corrected chi connectivity index (χ3v) is 4.78. The standard InChI is InChI=1S/C15H18ClN3S/c1-3-10-4-5-13-15(19(2)9-18-13)12(10)7-17-11-6-14(16)20-8-11/h4-6,8,17-18H,3,7,9H2,1-2H3. The maximum absolute atomic E-state index is 5.98. The van der Waals surface area contributed by atoms with Crippen LogP contribution in [-0.4, -0.2) is 13.7 Å². The number of halogens is 1. The van der Waals surface area contributed by atoms with Gasteiger partial charge in [0.15, 0.2) is 0 Å². The van der Waals surface area contributed by atoms with Crippen LogP contribution < -0.4 is 15.5 Å². The van der Waals surface area contributed by atoms with Gasteiger partial charge in [-0.05, 0) is 29.7 Å². The normalized spacial score (nSPS) is 13.2. The number of rotatable bonds is 4. The van der Waals surface area contributed by atoms with Gasteiger partial charge in [-0.1, -0.05) is 24.6 Å². The Kier molecular flexibility index (Phi) is 3.76. The van der Waals surface area contributed by atoms with E-state index in [1.807, 2.05) is 6.07 Å². The molecule has 20 heavy (non-hydrogen) atoms. The third kappa shape index (κ3) is 2.45. The van der Waals surface area contributed by atoms with Crippen molar-refractivity contribution in [3.63, 3.8) is 0 Å². The Bertz CT molecular complexity index is 624. The SMILES string of the molecule is CCc1ccc2c(c1CNc1csc(Cl)c1)N(C)CN2. The predicted molar refractivity (Wildman–Crippen MR) is 89.4 cm³/mol. The summed E-state index contributed by atoms with van der Waals surface area (Å²) in [5, 5.41) is 8.96. The molecule has 0 saturated heterocycles. The van der Waals surface area contributed by atoms with Gasteiger partial charge in [0.05, 0.1) is 22.4 Å². The lowest BCUT2D eigenvalue weighted by Crippen LogP contribution is -2.18. The number of hydrogen-bond donors (Lipinski definition) is 2. The lowest BCUT2D eigenvalue weighted by Gasteiger charge is -2.19. The van der Waals surface area contributed by atoms with Gasteiger partial charge in [0.25, 0.3) is 0 Å². The summed E-state index contributed by atoms with van der Waals surface area (Å²) in [4.78, 5) is 2.27. The summed E-state index contributed by atoms with van der Waals surface area (Å²) in [6.45, 7) is 3.90. The Morgan fingerprint density at radius 3 is 3.00 bits per heavy atom. The molecule has 0 atom stereocenters. The molecule has 0 unspecified atom stereocenters. The first-order valence-electron chi connectivity index (χ1n) is 6.76. The number of fused-ring (bicyclic) bond motifs is 1. The molecule has 106 valence electrons. The maximum Gasteiger partial charge on any atom is 0.0949 e. The molecule has 0 fully saturated rings. The molecule has 0 bridgehead atoms. The van der Waals surface area contributed by atoms with Crippen LogP contribution in [0.15, 0.2) is 23.6 Å². The molecular weight excluding hydrogens is 290 g/mol. The Morgan fingerprint density at radius 2 is 2.30 bits per heavy atom. The first-order valence-corrected chi connectivity index (χ1v) is 8.02. The van der Waals surface area contributed by atoms with Crippen molar-refractivity contribution in [2.75, 3.05) is 29.2 Å². The van der Waals surface area contributed by atoms with Crippen molar-refractivity contribution in [2.24, 2.45) is 0 Å².